The van der Waals surface area contributed by atoms with Crippen LogP contribution in [0.2, 0.25) is 0 Å². The van der Waals surface area contributed by atoms with E-state index >= 15 is 0 Å². The molecule has 6 heteroatoms. The second kappa shape index (κ2) is 9.44. The Morgan fingerprint density at radius 1 is 1.00 bits per heavy atom. The summed E-state index contributed by atoms with van der Waals surface area (Å²) < 4.78 is 9.82. The van der Waals surface area contributed by atoms with E-state index in [1.54, 1.807) is 31.4 Å². The van der Waals surface area contributed by atoms with Crippen LogP contribution in [-0.4, -0.2) is 39.2 Å². The van der Waals surface area contributed by atoms with Crippen molar-refractivity contribution in [1.29, 1.82) is 0 Å². The molecule has 2 aromatic carbocycles. The average molecular weight is 342 g/mol. The van der Waals surface area contributed by atoms with Crippen LogP contribution in [0.1, 0.15) is 15.9 Å². The number of rotatable bonds is 8. The van der Waals surface area contributed by atoms with Gasteiger partial charge in [-0.3, -0.25) is 4.79 Å². The van der Waals surface area contributed by atoms with E-state index in [1.165, 1.54) is 7.11 Å². The molecule has 2 N–H and O–H groups in total. The summed E-state index contributed by atoms with van der Waals surface area (Å²) in [6, 6.07) is 14.5. The molecule has 25 heavy (non-hydrogen) atoms. The second-order valence-electron chi connectivity index (χ2n) is 5.36. The number of esters is 1. The van der Waals surface area contributed by atoms with Crippen LogP contribution in [0, 0.1) is 0 Å². The Hall–Kier alpha value is -2.86. The third-order valence-corrected chi connectivity index (χ3v) is 3.64. The summed E-state index contributed by atoms with van der Waals surface area (Å²) in [5.74, 6) is 0.120. The Labute approximate surface area is 147 Å². The smallest absolute Gasteiger partial charge is 0.339 e. The first-order valence-electron chi connectivity index (χ1n) is 7.95. The molecule has 6 nitrogen and oxygen atoms in total. The van der Waals surface area contributed by atoms with Crippen molar-refractivity contribution in [2.75, 3.05) is 32.6 Å². The van der Waals surface area contributed by atoms with E-state index in [4.69, 9.17) is 9.47 Å². The molecule has 0 bridgehead atoms. The lowest BCUT2D eigenvalue weighted by atomic mass is 10.1. The van der Waals surface area contributed by atoms with Gasteiger partial charge in [-0.1, -0.05) is 24.3 Å². The third kappa shape index (κ3) is 5.61. The lowest BCUT2D eigenvalue weighted by Gasteiger charge is -2.10. The molecule has 0 fully saturated rings. The number of amides is 1. The Morgan fingerprint density at radius 3 is 2.40 bits per heavy atom. The molecule has 0 aromatic heterocycles. The zero-order valence-electron chi connectivity index (χ0n) is 14.4. The molecule has 2 aromatic rings. The average Bonchev–Trinajstić information content (AvgIpc) is 2.65. The van der Waals surface area contributed by atoms with Crippen molar-refractivity contribution >= 4 is 17.6 Å². The van der Waals surface area contributed by atoms with Crippen LogP contribution in [0.3, 0.4) is 0 Å². The van der Waals surface area contributed by atoms with Crippen molar-refractivity contribution in [3.8, 4) is 5.75 Å². The molecule has 0 aliphatic carbocycles. The van der Waals surface area contributed by atoms with Gasteiger partial charge in [-0.2, -0.15) is 0 Å². The summed E-state index contributed by atoms with van der Waals surface area (Å²) in [4.78, 5) is 23.7. The minimum Gasteiger partial charge on any atom is -0.497 e. The molecule has 0 saturated carbocycles. The SMILES string of the molecule is COC(=O)c1ccccc1NC(=O)CNCCc1ccc(OC)cc1. The fraction of sp³-hybridized carbons (Fsp3) is 0.263. The highest BCUT2D eigenvalue weighted by molar-refractivity contribution is 6.01. The number of nitrogens with one attached hydrogen (secondary N) is 2. The molecular formula is C19H22N2O4. The van der Waals surface area contributed by atoms with Gasteiger partial charge >= 0.3 is 5.97 Å². The maximum atomic E-state index is 12.0. The van der Waals surface area contributed by atoms with Gasteiger partial charge in [0.15, 0.2) is 0 Å². The lowest BCUT2D eigenvalue weighted by Crippen LogP contribution is -2.30. The molecule has 0 unspecified atom stereocenters. The molecule has 0 heterocycles. The van der Waals surface area contributed by atoms with Gasteiger partial charge in [0.2, 0.25) is 5.91 Å². The molecule has 1 amide bonds. The van der Waals surface area contributed by atoms with E-state index in [9.17, 15) is 9.59 Å². The number of ether oxygens (including phenoxy) is 2. The maximum absolute atomic E-state index is 12.0. The van der Waals surface area contributed by atoms with Crippen molar-refractivity contribution in [3.05, 3.63) is 59.7 Å². The van der Waals surface area contributed by atoms with E-state index in [1.807, 2.05) is 24.3 Å². The van der Waals surface area contributed by atoms with E-state index in [2.05, 4.69) is 10.6 Å². The van der Waals surface area contributed by atoms with Gasteiger partial charge in [-0.25, -0.2) is 4.79 Å². The van der Waals surface area contributed by atoms with Crippen molar-refractivity contribution in [2.24, 2.45) is 0 Å². The van der Waals surface area contributed by atoms with Crippen LogP contribution in [0.5, 0.6) is 5.75 Å². The monoisotopic (exact) mass is 342 g/mol. The van der Waals surface area contributed by atoms with E-state index in [-0.39, 0.29) is 12.5 Å². The van der Waals surface area contributed by atoms with Gasteiger partial charge in [0.05, 0.1) is 32.0 Å². The minimum absolute atomic E-state index is 0.158. The largest absolute Gasteiger partial charge is 0.497 e. The highest BCUT2D eigenvalue weighted by atomic mass is 16.5. The van der Waals surface area contributed by atoms with Crippen LogP contribution in [0.25, 0.3) is 0 Å². The van der Waals surface area contributed by atoms with Crippen LogP contribution >= 0.6 is 0 Å². The number of hydrogen-bond donors (Lipinski definition) is 2. The van der Waals surface area contributed by atoms with Gasteiger partial charge in [0.1, 0.15) is 5.75 Å². The second-order valence-corrected chi connectivity index (χ2v) is 5.36. The Balaban J connectivity index is 1.78. The highest BCUT2D eigenvalue weighted by Crippen LogP contribution is 2.15. The zero-order valence-corrected chi connectivity index (χ0v) is 14.4. The third-order valence-electron chi connectivity index (χ3n) is 3.64. The van der Waals surface area contributed by atoms with Gasteiger partial charge in [-0.05, 0) is 42.8 Å². The molecule has 0 spiro atoms. The van der Waals surface area contributed by atoms with Crippen molar-refractivity contribution in [3.63, 3.8) is 0 Å². The summed E-state index contributed by atoms with van der Waals surface area (Å²) in [6.07, 6.45) is 0.802. The van der Waals surface area contributed by atoms with Crippen LogP contribution in [-0.2, 0) is 16.0 Å². The normalized spacial score (nSPS) is 10.2. The van der Waals surface area contributed by atoms with E-state index < -0.39 is 5.97 Å². The highest BCUT2D eigenvalue weighted by Gasteiger charge is 2.12. The van der Waals surface area contributed by atoms with Crippen molar-refractivity contribution < 1.29 is 19.1 Å². The minimum atomic E-state index is -0.483. The zero-order chi connectivity index (χ0) is 18.1. The summed E-state index contributed by atoms with van der Waals surface area (Å²) >= 11 is 0. The fourth-order valence-electron chi connectivity index (χ4n) is 2.30. The van der Waals surface area contributed by atoms with Crippen molar-refractivity contribution in [2.45, 2.75) is 6.42 Å². The molecule has 132 valence electrons. The number of para-hydroxylation sites is 1. The van der Waals surface area contributed by atoms with E-state index in [0.29, 0.717) is 17.8 Å². The van der Waals surface area contributed by atoms with Crippen LogP contribution in [0.15, 0.2) is 48.5 Å². The molecule has 0 saturated heterocycles. The molecule has 0 atom stereocenters. The van der Waals surface area contributed by atoms with E-state index in [0.717, 1.165) is 17.7 Å². The predicted octanol–water partition coefficient (Wildman–Crippen LogP) is 2.25. The number of carbonyl (C=O) groups excluding carboxylic acids is 2. The summed E-state index contributed by atoms with van der Waals surface area (Å²) in [5.41, 5.74) is 1.93. The van der Waals surface area contributed by atoms with Gasteiger partial charge < -0.3 is 20.1 Å². The number of hydrogen-bond acceptors (Lipinski definition) is 5. The summed E-state index contributed by atoms with van der Waals surface area (Å²) in [7, 11) is 2.94. The fourth-order valence-corrected chi connectivity index (χ4v) is 2.30. The summed E-state index contributed by atoms with van der Waals surface area (Å²) in [5, 5.41) is 5.81. The number of carbonyl (C=O) groups is 2. The Bertz CT molecular complexity index is 714. The molecular weight excluding hydrogens is 320 g/mol. The Kier molecular flexibility index (Phi) is 6.98. The van der Waals surface area contributed by atoms with Gasteiger partial charge in [-0.15, -0.1) is 0 Å². The van der Waals surface area contributed by atoms with Crippen molar-refractivity contribution in [1.82, 2.24) is 5.32 Å². The summed E-state index contributed by atoms with van der Waals surface area (Å²) in [6.45, 7) is 0.823. The topological polar surface area (TPSA) is 76.7 Å². The first-order chi connectivity index (χ1) is 12.1. The van der Waals surface area contributed by atoms with Gasteiger partial charge in [0.25, 0.3) is 0 Å². The number of anilines is 1. The number of benzene rings is 2. The quantitative estimate of drug-likeness (QED) is 0.568. The number of methoxy groups -OCH3 is 2. The molecule has 0 aliphatic rings. The van der Waals surface area contributed by atoms with Gasteiger partial charge in [0, 0.05) is 0 Å². The Morgan fingerprint density at radius 2 is 1.72 bits per heavy atom. The predicted molar refractivity (Wildman–Crippen MR) is 96.0 cm³/mol. The molecule has 0 aliphatic heterocycles. The molecule has 0 radical (unpaired) electrons. The van der Waals surface area contributed by atoms with Crippen LogP contribution in [0.4, 0.5) is 5.69 Å². The lowest BCUT2D eigenvalue weighted by molar-refractivity contribution is -0.115. The first kappa shape index (κ1) is 18.5. The first-order valence-corrected chi connectivity index (χ1v) is 7.95. The molecule has 2 rings (SSSR count). The maximum Gasteiger partial charge on any atom is 0.339 e. The standard InChI is InChI=1S/C19H22N2O4/c1-24-15-9-7-14(8-10-15)11-12-20-13-18(22)21-17-6-4-3-5-16(17)19(23)25-2/h3-10,20H,11-13H2,1-2H3,(H,21,22). The van der Waals surface area contributed by atoms with Crippen LogP contribution < -0.4 is 15.4 Å².